The van der Waals surface area contributed by atoms with E-state index in [0.717, 1.165) is 30.3 Å². The fraction of sp³-hybridized carbons (Fsp3) is 0. The number of nitriles is 1. The molecule has 0 aliphatic carbocycles. The maximum Gasteiger partial charge on any atom is 0.141 e. The van der Waals surface area contributed by atoms with Crippen LogP contribution in [0.1, 0.15) is 5.56 Å². The first-order valence-electron chi connectivity index (χ1n) is 4.88. The summed E-state index contributed by atoms with van der Waals surface area (Å²) < 4.78 is 54.0. The van der Waals surface area contributed by atoms with Crippen LogP contribution in [-0.2, 0) is 0 Å². The first-order chi connectivity index (χ1) is 8.56. The van der Waals surface area contributed by atoms with Crippen LogP contribution in [0.4, 0.5) is 17.6 Å². The molecule has 2 aromatic carbocycles. The van der Waals surface area contributed by atoms with E-state index in [4.69, 9.17) is 5.26 Å². The minimum absolute atomic E-state index is 0.701. The van der Waals surface area contributed by atoms with Crippen molar-refractivity contribution in [3.05, 3.63) is 59.2 Å². The van der Waals surface area contributed by atoms with Crippen molar-refractivity contribution in [2.45, 2.75) is 0 Å². The summed E-state index contributed by atoms with van der Waals surface area (Å²) in [5.41, 5.74) is -2.17. The van der Waals surface area contributed by atoms with Gasteiger partial charge in [0.1, 0.15) is 29.3 Å². The second kappa shape index (κ2) is 4.49. The van der Waals surface area contributed by atoms with Gasteiger partial charge >= 0.3 is 0 Å². The van der Waals surface area contributed by atoms with Crippen molar-refractivity contribution in [1.29, 1.82) is 5.26 Å². The van der Waals surface area contributed by atoms with Crippen LogP contribution < -0.4 is 0 Å². The van der Waals surface area contributed by atoms with Crippen molar-refractivity contribution >= 4 is 0 Å². The summed E-state index contributed by atoms with van der Waals surface area (Å²) in [4.78, 5) is 0. The molecule has 0 aromatic heterocycles. The SMILES string of the molecule is N#Cc1c(F)ccc(F)c1-c1c(F)cccc1F. The molecule has 90 valence electrons. The maximum atomic E-state index is 13.6. The third-order valence-electron chi connectivity index (χ3n) is 2.43. The Morgan fingerprint density at radius 2 is 1.22 bits per heavy atom. The minimum Gasteiger partial charge on any atom is -0.206 e. The molecule has 0 saturated heterocycles. The molecular weight excluding hydrogens is 246 g/mol. The predicted molar refractivity (Wildman–Crippen MR) is 56.4 cm³/mol. The molecule has 5 heteroatoms. The van der Waals surface area contributed by atoms with Crippen LogP contribution in [0.15, 0.2) is 30.3 Å². The van der Waals surface area contributed by atoms with Gasteiger partial charge in [-0.2, -0.15) is 5.26 Å². The van der Waals surface area contributed by atoms with Crippen LogP contribution in [0.2, 0.25) is 0 Å². The van der Waals surface area contributed by atoms with Gasteiger partial charge in [0.05, 0.1) is 11.1 Å². The van der Waals surface area contributed by atoms with E-state index < -0.39 is 40.0 Å². The summed E-state index contributed by atoms with van der Waals surface area (Å²) in [7, 11) is 0. The van der Waals surface area contributed by atoms with Crippen LogP contribution >= 0.6 is 0 Å². The summed E-state index contributed by atoms with van der Waals surface area (Å²) in [6.45, 7) is 0. The zero-order valence-electron chi connectivity index (χ0n) is 8.85. The summed E-state index contributed by atoms with van der Waals surface area (Å²) in [5.74, 6) is -4.21. The highest BCUT2D eigenvalue weighted by molar-refractivity contribution is 5.72. The molecule has 18 heavy (non-hydrogen) atoms. The van der Waals surface area contributed by atoms with E-state index in [2.05, 4.69) is 0 Å². The number of hydrogen-bond donors (Lipinski definition) is 0. The Hall–Kier alpha value is -2.35. The van der Waals surface area contributed by atoms with E-state index in [1.165, 1.54) is 6.07 Å². The van der Waals surface area contributed by atoms with Gasteiger partial charge in [-0.15, -0.1) is 0 Å². The molecule has 0 unspecified atom stereocenters. The zero-order valence-corrected chi connectivity index (χ0v) is 8.85. The molecule has 0 heterocycles. The first kappa shape index (κ1) is 12.1. The first-order valence-corrected chi connectivity index (χ1v) is 4.88. The van der Waals surface area contributed by atoms with Gasteiger partial charge in [0, 0.05) is 5.56 Å². The second-order valence-electron chi connectivity index (χ2n) is 3.49. The lowest BCUT2D eigenvalue weighted by Gasteiger charge is -2.08. The Morgan fingerprint density at radius 3 is 1.78 bits per heavy atom. The van der Waals surface area contributed by atoms with E-state index in [1.54, 1.807) is 0 Å². The lowest BCUT2D eigenvalue weighted by molar-refractivity contribution is 0.576. The Morgan fingerprint density at radius 1 is 0.722 bits per heavy atom. The van der Waals surface area contributed by atoms with Gasteiger partial charge in [0.2, 0.25) is 0 Å². The van der Waals surface area contributed by atoms with Crippen molar-refractivity contribution in [1.82, 2.24) is 0 Å². The van der Waals surface area contributed by atoms with Crippen molar-refractivity contribution in [2.24, 2.45) is 0 Å². The molecule has 0 atom stereocenters. The number of hydrogen-bond acceptors (Lipinski definition) is 1. The predicted octanol–water partition coefficient (Wildman–Crippen LogP) is 3.78. The number of rotatable bonds is 1. The third kappa shape index (κ3) is 1.82. The highest BCUT2D eigenvalue weighted by Crippen LogP contribution is 2.32. The van der Waals surface area contributed by atoms with Crippen molar-refractivity contribution in [2.75, 3.05) is 0 Å². The fourth-order valence-electron chi connectivity index (χ4n) is 1.64. The lowest BCUT2D eigenvalue weighted by atomic mass is 9.98. The monoisotopic (exact) mass is 251 g/mol. The van der Waals surface area contributed by atoms with Crippen molar-refractivity contribution in [3.63, 3.8) is 0 Å². The lowest BCUT2D eigenvalue weighted by Crippen LogP contribution is -1.98. The Bertz CT molecular complexity index is 639. The molecule has 0 aliphatic heterocycles. The molecule has 0 amide bonds. The Balaban J connectivity index is 2.88. The van der Waals surface area contributed by atoms with Crippen LogP contribution in [-0.4, -0.2) is 0 Å². The minimum atomic E-state index is -1.06. The molecule has 0 fully saturated rings. The largest absolute Gasteiger partial charge is 0.206 e. The van der Waals surface area contributed by atoms with Crippen LogP contribution in [0.3, 0.4) is 0 Å². The quantitative estimate of drug-likeness (QED) is 0.707. The van der Waals surface area contributed by atoms with Gasteiger partial charge < -0.3 is 0 Å². The van der Waals surface area contributed by atoms with E-state index >= 15 is 0 Å². The van der Waals surface area contributed by atoms with Gasteiger partial charge in [-0.3, -0.25) is 0 Å². The van der Waals surface area contributed by atoms with Crippen molar-refractivity contribution in [3.8, 4) is 17.2 Å². The van der Waals surface area contributed by atoms with Gasteiger partial charge in [-0.25, -0.2) is 17.6 Å². The second-order valence-corrected chi connectivity index (χ2v) is 3.49. The van der Waals surface area contributed by atoms with Crippen LogP contribution in [0.25, 0.3) is 11.1 Å². The normalized spacial score (nSPS) is 10.2. The van der Waals surface area contributed by atoms with Crippen molar-refractivity contribution < 1.29 is 17.6 Å². The van der Waals surface area contributed by atoms with E-state index in [9.17, 15) is 17.6 Å². The van der Waals surface area contributed by atoms with E-state index in [0.29, 0.717) is 0 Å². The highest BCUT2D eigenvalue weighted by Gasteiger charge is 2.21. The van der Waals surface area contributed by atoms with E-state index in [1.807, 2.05) is 0 Å². The Kier molecular flexibility index (Phi) is 3.02. The summed E-state index contributed by atoms with van der Waals surface area (Å²) in [5, 5.41) is 8.77. The van der Waals surface area contributed by atoms with Gasteiger partial charge in [-0.05, 0) is 24.3 Å². The fourth-order valence-corrected chi connectivity index (χ4v) is 1.64. The summed E-state index contributed by atoms with van der Waals surface area (Å²) in [6.07, 6.45) is 0. The van der Waals surface area contributed by atoms with Gasteiger partial charge in [-0.1, -0.05) is 6.07 Å². The topological polar surface area (TPSA) is 23.8 Å². The molecule has 2 aromatic rings. The third-order valence-corrected chi connectivity index (χ3v) is 2.43. The number of halogens is 4. The molecule has 0 saturated carbocycles. The zero-order chi connectivity index (χ0) is 13.3. The maximum absolute atomic E-state index is 13.6. The van der Waals surface area contributed by atoms with Crippen LogP contribution in [0, 0.1) is 34.6 Å². The molecule has 1 nitrogen and oxygen atoms in total. The molecular formula is C13H5F4N. The average Bonchev–Trinajstić information content (AvgIpc) is 2.33. The smallest absolute Gasteiger partial charge is 0.141 e. The Labute approximate surface area is 99.9 Å². The van der Waals surface area contributed by atoms with Gasteiger partial charge in [0.15, 0.2) is 0 Å². The molecule has 2 rings (SSSR count). The van der Waals surface area contributed by atoms with E-state index in [-0.39, 0.29) is 0 Å². The van der Waals surface area contributed by atoms with Crippen LogP contribution in [0.5, 0.6) is 0 Å². The summed E-state index contributed by atoms with van der Waals surface area (Å²) >= 11 is 0. The molecule has 0 N–H and O–H groups in total. The molecule has 0 radical (unpaired) electrons. The number of benzene rings is 2. The standard InChI is InChI=1S/C13H5F4N/c14-8-4-5-11(17)12(7(8)6-18)13-9(15)2-1-3-10(13)16/h1-5H. The molecule has 0 bridgehead atoms. The molecule has 0 aliphatic rings. The molecule has 0 spiro atoms. The summed E-state index contributed by atoms with van der Waals surface area (Å²) in [6, 6.07) is 5.77. The number of nitrogens with zero attached hydrogens (tertiary/aromatic N) is 1. The van der Waals surface area contributed by atoms with Gasteiger partial charge in [0.25, 0.3) is 0 Å². The average molecular weight is 251 g/mol. The highest BCUT2D eigenvalue weighted by atomic mass is 19.1.